The van der Waals surface area contributed by atoms with Crippen molar-refractivity contribution in [1.29, 1.82) is 0 Å². The summed E-state index contributed by atoms with van der Waals surface area (Å²) in [6, 6.07) is 0.120. The quantitative estimate of drug-likeness (QED) is 0.766. The number of nitrogens with two attached hydrogens (primary N) is 1. The molecule has 0 radical (unpaired) electrons. The number of hydrogen-bond donors (Lipinski definition) is 2. The zero-order chi connectivity index (χ0) is 12.8. The maximum Gasteiger partial charge on any atom is 0.317 e. The first-order valence-electron chi connectivity index (χ1n) is 7.25. The number of piperazine rings is 1. The molecule has 0 unspecified atom stereocenters. The topological polar surface area (TPSA) is 61.6 Å². The van der Waals surface area contributed by atoms with Gasteiger partial charge < -0.3 is 16.0 Å². The summed E-state index contributed by atoms with van der Waals surface area (Å²) in [4.78, 5) is 16.2. The second-order valence-corrected chi connectivity index (χ2v) is 5.45. The first kappa shape index (κ1) is 13.6. The minimum atomic E-state index is 0.120. The summed E-state index contributed by atoms with van der Waals surface area (Å²) in [5, 5.41) is 3.08. The highest BCUT2D eigenvalue weighted by molar-refractivity contribution is 5.74. The number of carbonyl (C=O) groups is 1. The van der Waals surface area contributed by atoms with Crippen molar-refractivity contribution in [3.8, 4) is 0 Å². The lowest BCUT2D eigenvalue weighted by Gasteiger charge is -2.34. The van der Waals surface area contributed by atoms with Gasteiger partial charge in [0, 0.05) is 45.8 Å². The number of nitrogens with one attached hydrogen (secondary N) is 1. The fourth-order valence-electron chi connectivity index (χ4n) is 2.92. The molecule has 2 aliphatic rings. The van der Waals surface area contributed by atoms with Crippen LogP contribution in [0.4, 0.5) is 4.79 Å². The average Bonchev–Trinajstić information content (AvgIpc) is 2.90. The van der Waals surface area contributed by atoms with Crippen LogP contribution in [0.3, 0.4) is 0 Å². The lowest BCUT2D eigenvalue weighted by atomic mass is 10.1. The Morgan fingerprint density at radius 2 is 1.83 bits per heavy atom. The molecule has 1 saturated heterocycles. The van der Waals surface area contributed by atoms with Crippen molar-refractivity contribution in [2.24, 2.45) is 11.7 Å². The molecule has 5 nitrogen and oxygen atoms in total. The van der Waals surface area contributed by atoms with E-state index in [1.165, 1.54) is 25.7 Å². The molecule has 0 aromatic heterocycles. The number of nitrogens with zero attached hydrogens (tertiary/aromatic N) is 2. The molecular formula is C13H26N4O. The van der Waals surface area contributed by atoms with Crippen molar-refractivity contribution in [2.45, 2.75) is 25.7 Å². The highest BCUT2D eigenvalue weighted by Crippen LogP contribution is 2.23. The lowest BCUT2D eigenvalue weighted by molar-refractivity contribution is 0.140. The van der Waals surface area contributed by atoms with Crippen molar-refractivity contribution < 1.29 is 4.79 Å². The molecule has 2 amide bonds. The highest BCUT2D eigenvalue weighted by atomic mass is 16.2. The van der Waals surface area contributed by atoms with Crippen LogP contribution >= 0.6 is 0 Å². The molecule has 1 aliphatic carbocycles. The van der Waals surface area contributed by atoms with Crippen molar-refractivity contribution in [2.75, 3.05) is 45.8 Å². The van der Waals surface area contributed by atoms with Gasteiger partial charge in [0.05, 0.1) is 0 Å². The fourth-order valence-corrected chi connectivity index (χ4v) is 2.92. The molecule has 5 heteroatoms. The van der Waals surface area contributed by atoms with Gasteiger partial charge in [-0.2, -0.15) is 0 Å². The van der Waals surface area contributed by atoms with Gasteiger partial charge >= 0.3 is 6.03 Å². The Balaban J connectivity index is 1.64. The molecule has 3 N–H and O–H groups in total. The van der Waals surface area contributed by atoms with Gasteiger partial charge in [-0.05, 0) is 18.8 Å². The summed E-state index contributed by atoms with van der Waals surface area (Å²) in [7, 11) is 0. The lowest BCUT2D eigenvalue weighted by Crippen LogP contribution is -2.52. The Bertz CT molecular complexity index is 258. The van der Waals surface area contributed by atoms with Crippen molar-refractivity contribution >= 4 is 6.03 Å². The predicted octanol–water partition coefficient (Wildman–Crippen LogP) is 0.463. The summed E-state index contributed by atoms with van der Waals surface area (Å²) >= 11 is 0. The fraction of sp³-hybridized carbons (Fsp3) is 0.923. The Morgan fingerprint density at radius 1 is 1.17 bits per heavy atom. The first-order valence-corrected chi connectivity index (χ1v) is 7.25. The van der Waals surface area contributed by atoms with Crippen LogP contribution < -0.4 is 11.1 Å². The Labute approximate surface area is 110 Å². The van der Waals surface area contributed by atoms with Gasteiger partial charge in [-0.1, -0.05) is 12.8 Å². The molecule has 2 rings (SSSR count). The number of urea groups is 1. The third-order valence-corrected chi connectivity index (χ3v) is 4.12. The van der Waals surface area contributed by atoms with Crippen LogP contribution in [0.2, 0.25) is 0 Å². The molecule has 0 bridgehead atoms. The zero-order valence-corrected chi connectivity index (χ0v) is 11.2. The van der Waals surface area contributed by atoms with Crippen molar-refractivity contribution in [3.63, 3.8) is 0 Å². The van der Waals surface area contributed by atoms with E-state index in [9.17, 15) is 4.79 Å². The van der Waals surface area contributed by atoms with Gasteiger partial charge in [-0.3, -0.25) is 4.90 Å². The highest BCUT2D eigenvalue weighted by Gasteiger charge is 2.22. The summed E-state index contributed by atoms with van der Waals surface area (Å²) in [6.45, 7) is 6.07. The molecule has 0 atom stereocenters. The smallest absolute Gasteiger partial charge is 0.317 e. The Kier molecular flexibility index (Phi) is 5.26. The molecule has 104 valence electrons. The molecule has 1 aliphatic heterocycles. The molecule has 1 heterocycles. The predicted molar refractivity (Wildman–Crippen MR) is 72.4 cm³/mol. The standard InChI is InChI=1S/C13H26N4O/c14-5-6-16-7-9-17(10-8-16)13(18)15-11-12-3-1-2-4-12/h12H,1-11,14H2,(H,15,18). The number of carbonyl (C=O) groups excluding carboxylic acids is 1. The van der Waals surface area contributed by atoms with E-state index in [0.717, 1.165) is 39.3 Å². The van der Waals surface area contributed by atoms with Crippen LogP contribution in [-0.4, -0.2) is 61.6 Å². The van der Waals surface area contributed by atoms with E-state index in [-0.39, 0.29) is 6.03 Å². The molecule has 2 fully saturated rings. The van der Waals surface area contributed by atoms with Gasteiger partial charge in [0.15, 0.2) is 0 Å². The van der Waals surface area contributed by atoms with Crippen LogP contribution in [-0.2, 0) is 0 Å². The van der Waals surface area contributed by atoms with E-state index < -0.39 is 0 Å². The maximum absolute atomic E-state index is 12.0. The van der Waals surface area contributed by atoms with Gasteiger partial charge in [0.25, 0.3) is 0 Å². The van der Waals surface area contributed by atoms with E-state index in [1.807, 2.05) is 4.90 Å². The van der Waals surface area contributed by atoms with Gasteiger partial charge in [0.2, 0.25) is 0 Å². The summed E-state index contributed by atoms with van der Waals surface area (Å²) in [5.41, 5.74) is 5.54. The van der Waals surface area contributed by atoms with E-state index in [4.69, 9.17) is 5.73 Å². The van der Waals surface area contributed by atoms with Gasteiger partial charge in [-0.15, -0.1) is 0 Å². The van der Waals surface area contributed by atoms with E-state index in [2.05, 4.69) is 10.2 Å². The average molecular weight is 254 g/mol. The molecular weight excluding hydrogens is 228 g/mol. The van der Waals surface area contributed by atoms with Crippen LogP contribution in [0.1, 0.15) is 25.7 Å². The molecule has 1 saturated carbocycles. The second-order valence-electron chi connectivity index (χ2n) is 5.45. The van der Waals surface area contributed by atoms with Crippen LogP contribution in [0.15, 0.2) is 0 Å². The monoisotopic (exact) mass is 254 g/mol. The molecule has 0 aromatic rings. The van der Waals surface area contributed by atoms with E-state index in [1.54, 1.807) is 0 Å². The zero-order valence-electron chi connectivity index (χ0n) is 11.2. The van der Waals surface area contributed by atoms with Gasteiger partial charge in [0.1, 0.15) is 0 Å². The van der Waals surface area contributed by atoms with E-state index in [0.29, 0.717) is 12.5 Å². The SMILES string of the molecule is NCCN1CCN(C(=O)NCC2CCCC2)CC1. The van der Waals surface area contributed by atoms with Crippen molar-refractivity contribution in [3.05, 3.63) is 0 Å². The minimum absolute atomic E-state index is 0.120. The first-order chi connectivity index (χ1) is 8.79. The maximum atomic E-state index is 12.0. The van der Waals surface area contributed by atoms with Crippen LogP contribution in [0.25, 0.3) is 0 Å². The van der Waals surface area contributed by atoms with Gasteiger partial charge in [-0.25, -0.2) is 4.79 Å². The summed E-state index contributed by atoms with van der Waals surface area (Å²) in [6.07, 6.45) is 5.23. The van der Waals surface area contributed by atoms with E-state index >= 15 is 0 Å². The molecule has 0 aromatic carbocycles. The normalized spacial score (nSPS) is 22.4. The third kappa shape index (κ3) is 3.85. The molecule has 0 spiro atoms. The third-order valence-electron chi connectivity index (χ3n) is 4.12. The second kappa shape index (κ2) is 6.95. The Hall–Kier alpha value is -0.810. The Morgan fingerprint density at radius 3 is 2.44 bits per heavy atom. The van der Waals surface area contributed by atoms with Crippen molar-refractivity contribution in [1.82, 2.24) is 15.1 Å². The number of rotatable bonds is 4. The largest absolute Gasteiger partial charge is 0.338 e. The van der Waals surface area contributed by atoms with Crippen LogP contribution in [0.5, 0.6) is 0 Å². The van der Waals surface area contributed by atoms with Crippen LogP contribution in [0, 0.1) is 5.92 Å². The minimum Gasteiger partial charge on any atom is -0.338 e. The number of hydrogen-bond acceptors (Lipinski definition) is 3. The molecule has 18 heavy (non-hydrogen) atoms. The summed E-state index contributed by atoms with van der Waals surface area (Å²) in [5.74, 6) is 0.715. The summed E-state index contributed by atoms with van der Waals surface area (Å²) < 4.78 is 0. The number of amides is 2.